The Bertz CT molecular complexity index is 412. The van der Waals surface area contributed by atoms with E-state index in [0.29, 0.717) is 23.8 Å². The van der Waals surface area contributed by atoms with E-state index in [1.54, 1.807) is 0 Å². The molecule has 0 saturated carbocycles. The number of aromatic nitrogens is 1. The highest BCUT2D eigenvalue weighted by Gasteiger charge is 2.07. The van der Waals surface area contributed by atoms with Gasteiger partial charge in [0.1, 0.15) is 11.8 Å². The van der Waals surface area contributed by atoms with Gasteiger partial charge in [-0.3, -0.25) is 0 Å². The van der Waals surface area contributed by atoms with Crippen molar-refractivity contribution in [1.29, 1.82) is 5.26 Å². The zero-order valence-corrected chi connectivity index (χ0v) is 9.73. The number of nitrogens with one attached hydrogen (secondary N) is 1. The lowest BCUT2D eigenvalue weighted by molar-refractivity contribution is 0.743. The van der Waals surface area contributed by atoms with Crippen LogP contribution in [-0.4, -0.2) is 11.1 Å². The summed E-state index contributed by atoms with van der Waals surface area (Å²) >= 11 is 5.63. The Morgan fingerprint density at radius 1 is 1.73 bits per heavy atom. The van der Waals surface area contributed by atoms with E-state index < -0.39 is 0 Å². The molecule has 0 aromatic carbocycles. The van der Waals surface area contributed by atoms with Crippen molar-refractivity contribution in [3.63, 3.8) is 0 Å². The van der Waals surface area contributed by atoms with Gasteiger partial charge in [0.25, 0.3) is 0 Å². The quantitative estimate of drug-likeness (QED) is 0.849. The lowest BCUT2D eigenvalue weighted by Gasteiger charge is -2.03. The maximum absolute atomic E-state index is 8.84. The fraction of sp³-hybridized carbons (Fsp3) is 0.364. The van der Waals surface area contributed by atoms with Crippen LogP contribution in [0.4, 0.5) is 0 Å². The number of hydrogen-bond donors (Lipinski definition) is 1. The lowest BCUT2D eigenvalue weighted by atomic mass is 10.2. The largest absolute Gasteiger partial charge is 0.340 e. The minimum atomic E-state index is 0.581. The summed E-state index contributed by atoms with van der Waals surface area (Å²) < 4.78 is 1.88. The van der Waals surface area contributed by atoms with Gasteiger partial charge in [-0.05, 0) is 18.6 Å². The zero-order chi connectivity index (χ0) is 11.4. The summed E-state index contributed by atoms with van der Waals surface area (Å²) in [4.78, 5) is 0. The lowest BCUT2D eigenvalue weighted by Crippen LogP contribution is -2.14. The first-order valence-corrected chi connectivity index (χ1v) is 5.03. The second kappa shape index (κ2) is 5.01. The van der Waals surface area contributed by atoms with Crippen molar-refractivity contribution in [2.24, 2.45) is 7.05 Å². The van der Waals surface area contributed by atoms with E-state index in [4.69, 9.17) is 16.9 Å². The highest BCUT2D eigenvalue weighted by molar-refractivity contribution is 6.29. The van der Waals surface area contributed by atoms with Crippen LogP contribution in [0.15, 0.2) is 17.7 Å². The molecule has 80 valence electrons. The third-order valence-corrected chi connectivity index (χ3v) is 2.52. The fourth-order valence-corrected chi connectivity index (χ4v) is 1.48. The third-order valence-electron chi connectivity index (χ3n) is 2.39. The molecule has 1 aromatic rings. The Kier molecular flexibility index (Phi) is 3.96. The van der Waals surface area contributed by atoms with Crippen molar-refractivity contribution in [3.8, 4) is 6.07 Å². The summed E-state index contributed by atoms with van der Waals surface area (Å²) in [5.41, 5.74) is 2.89. The Morgan fingerprint density at radius 3 is 2.87 bits per heavy atom. The van der Waals surface area contributed by atoms with Crippen LogP contribution in [0.5, 0.6) is 0 Å². The van der Waals surface area contributed by atoms with Crippen LogP contribution in [0.25, 0.3) is 0 Å². The summed E-state index contributed by atoms with van der Waals surface area (Å²) in [6.07, 6.45) is 0. The third kappa shape index (κ3) is 2.85. The minimum Gasteiger partial charge on any atom is -0.340 e. The molecule has 1 N–H and O–H groups in total. The summed E-state index contributed by atoms with van der Waals surface area (Å²) in [5.74, 6) is 0. The molecule has 3 nitrogen and oxygen atoms in total. The van der Waals surface area contributed by atoms with Crippen molar-refractivity contribution >= 4 is 11.6 Å². The summed E-state index contributed by atoms with van der Waals surface area (Å²) in [6.45, 7) is 6.87. The molecule has 0 unspecified atom stereocenters. The van der Waals surface area contributed by atoms with Gasteiger partial charge >= 0.3 is 0 Å². The molecule has 0 radical (unpaired) electrons. The van der Waals surface area contributed by atoms with Crippen LogP contribution < -0.4 is 5.32 Å². The van der Waals surface area contributed by atoms with Gasteiger partial charge in [0, 0.05) is 30.9 Å². The van der Waals surface area contributed by atoms with E-state index in [2.05, 4.69) is 18.0 Å². The minimum absolute atomic E-state index is 0.581. The van der Waals surface area contributed by atoms with Crippen molar-refractivity contribution in [2.75, 3.05) is 6.54 Å². The molecule has 4 heteroatoms. The highest BCUT2D eigenvalue weighted by atomic mass is 35.5. The first-order valence-electron chi connectivity index (χ1n) is 4.65. The average molecular weight is 224 g/mol. The summed E-state index contributed by atoms with van der Waals surface area (Å²) in [6, 6.07) is 4.04. The first-order chi connectivity index (χ1) is 7.06. The van der Waals surface area contributed by atoms with E-state index in [1.165, 1.54) is 0 Å². The fourth-order valence-electron chi connectivity index (χ4n) is 1.38. The van der Waals surface area contributed by atoms with E-state index in [-0.39, 0.29) is 0 Å². The maximum atomic E-state index is 8.84. The van der Waals surface area contributed by atoms with Gasteiger partial charge in [0.2, 0.25) is 0 Å². The molecule has 0 spiro atoms. The molecule has 0 aliphatic heterocycles. The smallest absolute Gasteiger partial charge is 0.120 e. The predicted molar refractivity (Wildman–Crippen MR) is 61.6 cm³/mol. The van der Waals surface area contributed by atoms with E-state index in [1.807, 2.05) is 24.6 Å². The Labute approximate surface area is 95.0 Å². The molecule has 0 fully saturated rings. The number of nitrogens with zero attached hydrogens (tertiary/aromatic N) is 2. The van der Waals surface area contributed by atoms with Gasteiger partial charge in [0.05, 0.1) is 0 Å². The summed E-state index contributed by atoms with van der Waals surface area (Å²) in [7, 11) is 1.89. The van der Waals surface area contributed by atoms with Crippen LogP contribution in [0.1, 0.15) is 17.0 Å². The van der Waals surface area contributed by atoms with Crippen LogP contribution in [-0.2, 0) is 13.6 Å². The van der Waals surface area contributed by atoms with Crippen molar-refractivity contribution in [3.05, 3.63) is 34.6 Å². The molecule has 15 heavy (non-hydrogen) atoms. The van der Waals surface area contributed by atoms with E-state index >= 15 is 0 Å². The average Bonchev–Trinajstić information content (AvgIpc) is 2.45. The SMILES string of the molecule is C=C(Cl)CNCc1cc(C#N)n(C)c1C. The Morgan fingerprint density at radius 2 is 2.40 bits per heavy atom. The van der Waals surface area contributed by atoms with Crippen LogP contribution >= 0.6 is 11.6 Å². The molecular formula is C11H14ClN3. The van der Waals surface area contributed by atoms with Crippen molar-refractivity contribution in [1.82, 2.24) is 9.88 Å². The van der Waals surface area contributed by atoms with Crippen molar-refractivity contribution in [2.45, 2.75) is 13.5 Å². The molecule has 0 amide bonds. The van der Waals surface area contributed by atoms with Crippen LogP contribution in [0.3, 0.4) is 0 Å². The molecule has 0 atom stereocenters. The zero-order valence-electron chi connectivity index (χ0n) is 8.97. The van der Waals surface area contributed by atoms with Crippen LogP contribution in [0.2, 0.25) is 0 Å². The van der Waals surface area contributed by atoms with Gasteiger partial charge in [-0.1, -0.05) is 18.2 Å². The topological polar surface area (TPSA) is 40.8 Å². The summed E-state index contributed by atoms with van der Waals surface area (Å²) in [5, 5.41) is 12.6. The monoisotopic (exact) mass is 223 g/mol. The molecule has 1 rings (SSSR count). The molecular weight excluding hydrogens is 210 g/mol. The van der Waals surface area contributed by atoms with Crippen LogP contribution in [0, 0.1) is 18.3 Å². The molecule has 0 saturated heterocycles. The second-order valence-electron chi connectivity index (χ2n) is 3.43. The molecule has 1 heterocycles. The molecule has 0 bridgehead atoms. The molecule has 0 aliphatic rings. The highest BCUT2D eigenvalue weighted by Crippen LogP contribution is 2.13. The second-order valence-corrected chi connectivity index (χ2v) is 3.97. The Hall–Kier alpha value is -1.24. The van der Waals surface area contributed by atoms with Gasteiger partial charge in [0.15, 0.2) is 0 Å². The maximum Gasteiger partial charge on any atom is 0.120 e. The number of nitriles is 1. The number of hydrogen-bond acceptors (Lipinski definition) is 2. The van der Waals surface area contributed by atoms with Gasteiger partial charge in [-0.15, -0.1) is 0 Å². The van der Waals surface area contributed by atoms with E-state index in [9.17, 15) is 0 Å². The van der Waals surface area contributed by atoms with Gasteiger partial charge in [-0.25, -0.2) is 0 Å². The number of rotatable bonds is 4. The predicted octanol–water partition coefficient (Wildman–Crippen LogP) is 2.05. The van der Waals surface area contributed by atoms with Crippen molar-refractivity contribution < 1.29 is 0 Å². The molecule has 0 aliphatic carbocycles. The first kappa shape index (κ1) is 11.8. The van der Waals surface area contributed by atoms with E-state index in [0.717, 1.165) is 11.3 Å². The Balaban J connectivity index is 2.70. The normalized spacial score (nSPS) is 10.0. The number of halogens is 1. The molecule has 1 aromatic heterocycles. The standard InChI is InChI=1S/C11H14ClN3/c1-8(12)6-14-7-10-4-11(5-13)15(3)9(10)2/h4,14H,1,6-7H2,2-3H3. The van der Waals surface area contributed by atoms with Gasteiger partial charge < -0.3 is 9.88 Å². The van der Waals surface area contributed by atoms with Gasteiger partial charge in [-0.2, -0.15) is 5.26 Å².